The highest BCUT2D eigenvalue weighted by Crippen LogP contribution is 2.17. The van der Waals surface area contributed by atoms with Gasteiger partial charge in [0.25, 0.3) is 0 Å². The molecule has 0 heterocycles. The van der Waals surface area contributed by atoms with Crippen molar-refractivity contribution in [1.82, 2.24) is 0 Å². The van der Waals surface area contributed by atoms with Gasteiger partial charge in [0.2, 0.25) is 0 Å². The molecule has 0 spiro atoms. The quantitative estimate of drug-likeness (QED) is 0.583. The summed E-state index contributed by atoms with van der Waals surface area (Å²) in [6, 6.07) is 17.1. The van der Waals surface area contributed by atoms with Crippen molar-refractivity contribution in [2.45, 2.75) is 6.61 Å². The standard InChI is InChI=1S/C14H14O3/c1-15-13-7-9-14(10-8-13)17-16-11-12-5-3-2-4-6-12/h2-10H,11H2,1H3. The maximum Gasteiger partial charge on any atom is 0.165 e. The van der Waals surface area contributed by atoms with Crippen molar-refractivity contribution in [2.24, 2.45) is 0 Å². The van der Waals surface area contributed by atoms with E-state index in [2.05, 4.69) is 0 Å². The number of methoxy groups -OCH3 is 1. The molecular formula is C14H14O3. The first-order valence-electron chi connectivity index (χ1n) is 5.36. The van der Waals surface area contributed by atoms with Gasteiger partial charge in [-0.15, -0.1) is 0 Å². The molecule has 0 atom stereocenters. The first-order chi connectivity index (χ1) is 8.38. The van der Waals surface area contributed by atoms with Crippen LogP contribution in [0.15, 0.2) is 54.6 Å². The summed E-state index contributed by atoms with van der Waals surface area (Å²) >= 11 is 0. The summed E-state index contributed by atoms with van der Waals surface area (Å²) in [6.45, 7) is 0.423. The summed E-state index contributed by atoms with van der Waals surface area (Å²) in [6.07, 6.45) is 0. The minimum absolute atomic E-state index is 0.423. The van der Waals surface area contributed by atoms with Crippen LogP contribution in [0.5, 0.6) is 11.5 Å². The molecule has 0 saturated heterocycles. The Bertz CT molecular complexity index is 437. The van der Waals surface area contributed by atoms with E-state index in [0.29, 0.717) is 12.4 Å². The molecule has 0 aliphatic rings. The Morgan fingerprint density at radius 2 is 1.47 bits per heavy atom. The maximum absolute atomic E-state index is 5.15. The van der Waals surface area contributed by atoms with Gasteiger partial charge in [-0.1, -0.05) is 30.3 Å². The number of hydrogen-bond acceptors (Lipinski definition) is 3. The van der Waals surface area contributed by atoms with E-state index in [-0.39, 0.29) is 0 Å². The molecule has 88 valence electrons. The lowest BCUT2D eigenvalue weighted by atomic mass is 10.2. The van der Waals surface area contributed by atoms with Gasteiger partial charge in [-0.05, 0) is 29.8 Å². The first kappa shape index (κ1) is 11.5. The van der Waals surface area contributed by atoms with Gasteiger partial charge in [0, 0.05) is 0 Å². The van der Waals surface area contributed by atoms with E-state index in [0.717, 1.165) is 11.3 Å². The molecule has 2 rings (SSSR count). The van der Waals surface area contributed by atoms with Crippen LogP contribution in [0.1, 0.15) is 5.56 Å². The maximum atomic E-state index is 5.15. The van der Waals surface area contributed by atoms with Crippen LogP contribution in [0.2, 0.25) is 0 Å². The zero-order valence-electron chi connectivity index (χ0n) is 9.63. The monoisotopic (exact) mass is 230 g/mol. The third kappa shape index (κ3) is 3.50. The van der Waals surface area contributed by atoms with Crippen molar-refractivity contribution in [3.63, 3.8) is 0 Å². The van der Waals surface area contributed by atoms with Crippen LogP contribution in [-0.4, -0.2) is 7.11 Å². The fourth-order valence-electron chi connectivity index (χ4n) is 1.37. The summed E-state index contributed by atoms with van der Waals surface area (Å²) in [4.78, 5) is 10.3. The Kier molecular flexibility index (Phi) is 4.00. The summed E-state index contributed by atoms with van der Waals surface area (Å²) in [5.41, 5.74) is 1.07. The van der Waals surface area contributed by atoms with Gasteiger partial charge < -0.3 is 9.62 Å². The number of hydrogen-bond donors (Lipinski definition) is 0. The highest BCUT2D eigenvalue weighted by atomic mass is 17.2. The summed E-state index contributed by atoms with van der Waals surface area (Å²) in [5.74, 6) is 1.45. The third-order valence-electron chi connectivity index (χ3n) is 2.28. The van der Waals surface area contributed by atoms with Crippen molar-refractivity contribution in [2.75, 3.05) is 7.11 Å². The topological polar surface area (TPSA) is 27.7 Å². The highest BCUT2D eigenvalue weighted by Gasteiger charge is 1.97. The molecule has 0 aliphatic carbocycles. The molecule has 0 N–H and O–H groups in total. The van der Waals surface area contributed by atoms with Crippen LogP contribution < -0.4 is 9.62 Å². The normalized spacial score (nSPS) is 9.94. The van der Waals surface area contributed by atoms with E-state index in [4.69, 9.17) is 14.5 Å². The van der Waals surface area contributed by atoms with E-state index >= 15 is 0 Å². The van der Waals surface area contributed by atoms with Crippen LogP contribution in [0.4, 0.5) is 0 Å². The van der Waals surface area contributed by atoms with Gasteiger partial charge in [0.05, 0.1) is 7.11 Å². The third-order valence-corrected chi connectivity index (χ3v) is 2.28. The van der Waals surface area contributed by atoms with Gasteiger partial charge in [-0.2, -0.15) is 4.89 Å². The molecule has 0 unspecified atom stereocenters. The van der Waals surface area contributed by atoms with E-state index in [1.54, 1.807) is 19.2 Å². The Hall–Kier alpha value is -2.00. The predicted octanol–water partition coefficient (Wildman–Crippen LogP) is 3.21. The van der Waals surface area contributed by atoms with Gasteiger partial charge in [0.15, 0.2) is 5.75 Å². The second-order valence-electron chi connectivity index (χ2n) is 3.51. The lowest BCUT2D eigenvalue weighted by molar-refractivity contribution is -0.217. The van der Waals surface area contributed by atoms with Crippen LogP contribution >= 0.6 is 0 Å². The Labute approximate surface area is 100 Å². The smallest absolute Gasteiger partial charge is 0.165 e. The molecule has 0 aromatic heterocycles. The molecule has 0 amide bonds. The van der Waals surface area contributed by atoms with Crippen molar-refractivity contribution in [3.8, 4) is 11.5 Å². The van der Waals surface area contributed by atoms with Crippen molar-refractivity contribution >= 4 is 0 Å². The van der Waals surface area contributed by atoms with E-state index < -0.39 is 0 Å². The molecule has 0 fully saturated rings. The highest BCUT2D eigenvalue weighted by molar-refractivity contribution is 5.30. The summed E-state index contributed by atoms with van der Waals surface area (Å²) < 4.78 is 5.05. The average Bonchev–Trinajstić information content (AvgIpc) is 2.41. The molecule has 0 saturated carbocycles. The van der Waals surface area contributed by atoms with Crippen molar-refractivity contribution in [1.29, 1.82) is 0 Å². The first-order valence-corrected chi connectivity index (χ1v) is 5.36. The van der Waals surface area contributed by atoms with E-state index in [9.17, 15) is 0 Å². The average molecular weight is 230 g/mol. The zero-order chi connectivity index (χ0) is 11.9. The molecule has 0 radical (unpaired) electrons. The van der Waals surface area contributed by atoms with Crippen molar-refractivity contribution in [3.05, 3.63) is 60.2 Å². The minimum atomic E-state index is 0.423. The Balaban J connectivity index is 1.82. The second-order valence-corrected chi connectivity index (χ2v) is 3.51. The summed E-state index contributed by atoms with van der Waals surface area (Å²) in [5, 5.41) is 0. The van der Waals surface area contributed by atoms with Crippen LogP contribution in [0, 0.1) is 0 Å². The molecular weight excluding hydrogens is 216 g/mol. The molecule has 17 heavy (non-hydrogen) atoms. The van der Waals surface area contributed by atoms with Crippen LogP contribution in [0.25, 0.3) is 0 Å². The van der Waals surface area contributed by atoms with Gasteiger partial charge in [-0.25, -0.2) is 0 Å². The van der Waals surface area contributed by atoms with Gasteiger partial charge in [-0.3, -0.25) is 0 Å². The van der Waals surface area contributed by atoms with Crippen LogP contribution in [0.3, 0.4) is 0 Å². The van der Waals surface area contributed by atoms with Gasteiger partial charge in [0.1, 0.15) is 12.4 Å². The lowest BCUT2D eigenvalue weighted by Gasteiger charge is -2.05. The number of benzene rings is 2. The zero-order valence-corrected chi connectivity index (χ0v) is 9.63. The molecule has 3 nitrogen and oxygen atoms in total. The SMILES string of the molecule is COc1ccc(OOCc2ccccc2)cc1. The fourth-order valence-corrected chi connectivity index (χ4v) is 1.37. The van der Waals surface area contributed by atoms with Crippen molar-refractivity contribution < 1.29 is 14.5 Å². The Morgan fingerprint density at radius 1 is 0.824 bits per heavy atom. The van der Waals surface area contributed by atoms with Crippen LogP contribution in [-0.2, 0) is 11.5 Å². The second kappa shape index (κ2) is 5.92. The number of ether oxygens (including phenoxy) is 1. The molecule has 0 bridgehead atoms. The molecule has 2 aromatic carbocycles. The minimum Gasteiger partial charge on any atom is -0.497 e. The van der Waals surface area contributed by atoms with E-state index in [1.807, 2.05) is 42.5 Å². The van der Waals surface area contributed by atoms with E-state index in [1.165, 1.54) is 0 Å². The fraction of sp³-hybridized carbons (Fsp3) is 0.143. The molecule has 2 aromatic rings. The summed E-state index contributed by atoms with van der Waals surface area (Å²) in [7, 11) is 1.63. The Morgan fingerprint density at radius 3 is 2.12 bits per heavy atom. The lowest BCUT2D eigenvalue weighted by Crippen LogP contribution is -1.97. The largest absolute Gasteiger partial charge is 0.497 e. The van der Waals surface area contributed by atoms with Gasteiger partial charge >= 0.3 is 0 Å². The predicted molar refractivity (Wildman–Crippen MR) is 64.9 cm³/mol. The molecule has 0 aliphatic heterocycles. The number of rotatable bonds is 5. The molecule has 3 heteroatoms.